The Hall–Kier alpha value is -2.43. The van der Waals surface area contributed by atoms with Crippen LogP contribution in [0.4, 0.5) is 11.4 Å². The number of benzene rings is 2. The van der Waals surface area contributed by atoms with E-state index in [1.807, 2.05) is 11.8 Å². The van der Waals surface area contributed by atoms with Crippen molar-refractivity contribution in [2.45, 2.75) is 50.8 Å². The van der Waals surface area contributed by atoms with E-state index >= 15 is 0 Å². The van der Waals surface area contributed by atoms with E-state index in [-0.39, 0.29) is 0 Å². The van der Waals surface area contributed by atoms with E-state index in [0.717, 1.165) is 13.1 Å². The molecule has 0 amide bonds. The van der Waals surface area contributed by atoms with Gasteiger partial charge in [-0.15, -0.1) is 0 Å². The fourth-order valence-electron chi connectivity index (χ4n) is 5.37. The van der Waals surface area contributed by atoms with Gasteiger partial charge in [0.15, 0.2) is 0 Å². The molecule has 0 N–H and O–H groups in total. The molecule has 0 spiro atoms. The highest BCUT2D eigenvalue weighted by molar-refractivity contribution is 8.00. The van der Waals surface area contributed by atoms with Crippen molar-refractivity contribution in [2.75, 3.05) is 49.1 Å². The smallest absolute Gasteiger partial charge is 0.0985 e. The molecule has 0 bridgehead atoms. The number of hydrogen-bond acceptors (Lipinski definition) is 3. The third kappa shape index (κ3) is 5.70. The summed E-state index contributed by atoms with van der Waals surface area (Å²) in [6.07, 6.45) is 13.9. The highest BCUT2D eigenvalue weighted by Crippen LogP contribution is 2.44. The summed E-state index contributed by atoms with van der Waals surface area (Å²) < 4.78 is 1.24. The standard InChI is InChI=1S/C31H42N3S/c1-5-32-24-22-26(27-17-9-10-18-28(27)32)16-15-21-31-33(29-19-11-12-20-30(29)35-31)23-13-14-25-34(6-2,7-3)8-4/h9-12,15-22,24,31H,5-8,13-14,23,25H2,1-4H3/q+1/b21-15+,26-16+. The lowest BCUT2D eigenvalue weighted by Gasteiger charge is -2.36. The van der Waals surface area contributed by atoms with Gasteiger partial charge in [0.25, 0.3) is 0 Å². The summed E-state index contributed by atoms with van der Waals surface area (Å²) in [5, 5.41) is 0.349. The second-order valence-corrected chi connectivity index (χ2v) is 10.7. The first-order valence-electron chi connectivity index (χ1n) is 13.4. The van der Waals surface area contributed by atoms with E-state index in [0.29, 0.717) is 5.37 Å². The van der Waals surface area contributed by atoms with E-state index in [4.69, 9.17) is 0 Å². The fourth-order valence-corrected chi connectivity index (χ4v) is 6.61. The molecule has 4 rings (SSSR count). The Morgan fingerprint density at radius 3 is 2.34 bits per heavy atom. The van der Waals surface area contributed by atoms with Crippen molar-refractivity contribution >= 4 is 28.7 Å². The molecule has 3 nitrogen and oxygen atoms in total. The van der Waals surface area contributed by atoms with Crippen LogP contribution in [-0.2, 0) is 0 Å². The minimum Gasteiger partial charge on any atom is -0.355 e. The first-order valence-corrected chi connectivity index (χ1v) is 14.3. The Labute approximate surface area is 217 Å². The Morgan fingerprint density at radius 1 is 0.886 bits per heavy atom. The summed E-state index contributed by atoms with van der Waals surface area (Å²) in [5.41, 5.74) is 5.28. The van der Waals surface area contributed by atoms with Crippen LogP contribution < -0.4 is 9.80 Å². The van der Waals surface area contributed by atoms with Gasteiger partial charge < -0.3 is 14.3 Å². The minimum absolute atomic E-state index is 0.349. The summed E-state index contributed by atoms with van der Waals surface area (Å²) >= 11 is 1.98. The summed E-state index contributed by atoms with van der Waals surface area (Å²) in [4.78, 5) is 6.32. The van der Waals surface area contributed by atoms with Gasteiger partial charge in [0, 0.05) is 35.4 Å². The molecule has 0 fully saturated rings. The van der Waals surface area contributed by atoms with Crippen LogP contribution in [-0.4, -0.2) is 49.1 Å². The fraction of sp³-hybridized carbons (Fsp3) is 0.419. The molecule has 0 saturated heterocycles. The van der Waals surface area contributed by atoms with Crippen molar-refractivity contribution in [2.24, 2.45) is 0 Å². The molecule has 4 heteroatoms. The summed E-state index contributed by atoms with van der Waals surface area (Å²) in [7, 11) is 0. The molecule has 2 aliphatic heterocycles. The van der Waals surface area contributed by atoms with Crippen LogP contribution >= 0.6 is 11.8 Å². The quantitative estimate of drug-likeness (QED) is 0.238. The maximum atomic E-state index is 2.61. The second kappa shape index (κ2) is 12.0. The van der Waals surface area contributed by atoms with Crippen LogP contribution in [0.1, 0.15) is 46.1 Å². The van der Waals surface area contributed by atoms with Crippen LogP contribution in [0.3, 0.4) is 0 Å². The summed E-state index contributed by atoms with van der Waals surface area (Å²) in [6.45, 7) is 16.3. The van der Waals surface area contributed by atoms with E-state index < -0.39 is 0 Å². The van der Waals surface area contributed by atoms with E-state index in [2.05, 4.69) is 117 Å². The number of thioether (sulfide) groups is 1. The van der Waals surface area contributed by atoms with Gasteiger partial charge in [-0.25, -0.2) is 0 Å². The number of nitrogens with zero attached hydrogens (tertiary/aromatic N) is 3. The molecule has 0 radical (unpaired) electrons. The normalized spacial score (nSPS) is 18.5. The lowest BCUT2D eigenvalue weighted by Crippen LogP contribution is -2.48. The molecule has 35 heavy (non-hydrogen) atoms. The predicted octanol–water partition coefficient (Wildman–Crippen LogP) is 7.57. The monoisotopic (exact) mass is 488 g/mol. The average Bonchev–Trinajstić information content (AvgIpc) is 3.26. The van der Waals surface area contributed by atoms with E-state index in [1.165, 1.54) is 70.9 Å². The Kier molecular flexibility index (Phi) is 8.80. The van der Waals surface area contributed by atoms with E-state index in [1.54, 1.807) is 0 Å². The number of anilines is 2. The zero-order valence-electron chi connectivity index (χ0n) is 22.0. The van der Waals surface area contributed by atoms with Gasteiger partial charge in [0.1, 0.15) is 0 Å². The Morgan fingerprint density at radius 2 is 1.60 bits per heavy atom. The molecule has 186 valence electrons. The number of rotatable bonds is 11. The number of unbranched alkanes of at least 4 members (excludes halogenated alkanes) is 1. The van der Waals surface area contributed by atoms with Gasteiger partial charge in [0.2, 0.25) is 0 Å². The van der Waals surface area contributed by atoms with Crippen LogP contribution in [0.25, 0.3) is 5.57 Å². The molecule has 1 unspecified atom stereocenters. The molecule has 0 saturated carbocycles. The molecule has 2 aromatic carbocycles. The maximum absolute atomic E-state index is 2.61. The minimum atomic E-state index is 0.349. The van der Waals surface area contributed by atoms with Gasteiger partial charge in [-0.2, -0.15) is 0 Å². The summed E-state index contributed by atoms with van der Waals surface area (Å²) in [6, 6.07) is 17.6. The van der Waals surface area contributed by atoms with Gasteiger partial charge in [-0.1, -0.05) is 60.3 Å². The molecular weight excluding hydrogens is 446 g/mol. The largest absolute Gasteiger partial charge is 0.355 e. The van der Waals surface area contributed by atoms with Crippen molar-refractivity contribution in [3.05, 3.63) is 84.6 Å². The number of hydrogen-bond donors (Lipinski definition) is 0. The molecule has 0 aliphatic carbocycles. The third-order valence-corrected chi connectivity index (χ3v) is 9.13. The SMILES string of the molecule is CCN1C=C/C(=C\C=C\C2Sc3ccccc3N2CCCC[N+](CC)(CC)CC)c2ccccc21. The van der Waals surface area contributed by atoms with Crippen LogP contribution in [0.15, 0.2) is 83.9 Å². The molecular formula is C31H42N3S+. The molecule has 1 atom stereocenters. The van der Waals surface area contributed by atoms with Crippen LogP contribution in [0.2, 0.25) is 0 Å². The zero-order chi connectivity index (χ0) is 24.7. The average molecular weight is 489 g/mol. The van der Waals surface area contributed by atoms with Crippen molar-refractivity contribution in [3.63, 3.8) is 0 Å². The third-order valence-electron chi connectivity index (χ3n) is 7.87. The molecule has 2 heterocycles. The topological polar surface area (TPSA) is 6.48 Å². The van der Waals surface area contributed by atoms with Crippen LogP contribution in [0, 0.1) is 0 Å². The first-order chi connectivity index (χ1) is 17.1. The Bertz CT molecular complexity index is 1060. The number of fused-ring (bicyclic) bond motifs is 2. The van der Waals surface area contributed by atoms with Crippen LogP contribution in [0.5, 0.6) is 0 Å². The predicted molar refractivity (Wildman–Crippen MR) is 155 cm³/mol. The number of para-hydroxylation sites is 2. The summed E-state index contributed by atoms with van der Waals surface area (Å²) in [5.74, 6) is 0. The number of allylic oxidation sites excluding steroid dienone is 4. The molecule has 2 aliphatic rings. The first kappa shape index (κ1) is 25.7. The number of quaternary nitrogens is 1. The second-order valence-electron chi connectivity index (χ2n) is 9.52. The Balaban J connectivity index is 1.46. The van der Waals surface area contributed by atoms with Gasteiger partial charge in [-0.05, 0) is 70.4 Å². The van der Waals surface area contributed by atoms with Gasteiger partial charge >= 0.3 is 0 Å². The van der Waals surface area contributed by atoms with Gasteiger partial charge in [0.05, 0.1) is 37.2 Å². The van der Waals surface area contributed by atoms with E-state index in [9.17, 15) is 0 Å². The lowest BCUT2D eigenvalue weighted by molar-refractivity contribution is -0.923. The van der Waals surface area contributed by atoms with Crippen molar-refractivity contribution in [1.82, 2.24) is 0 Å². The zero-order valence-corrected chi connectivity index (χ0v) is 22.8. The molecule has 2 aromatic rings. The molecule has 0 aromatic heterocycles. The van der Waals surface area contributed by atoms with Gasteiger partial charge in [-0.3, -0.25) is 0 Å². The van der Waals surface area contributed by atoms with Crippen molar-refractivity contribution in [3.8, 4) is 0 Å². The van der Waals surface area contributed by atoms with Crippen molar-refractivity contribution in [1.29, 1.82) is 0 Å². The maximum Gasteiger partial charge on any atom is 0.0985 e. The highest BCUT2D eigenvalue weighted by atomic mass is 32.2. The highest BCUT2D eigenvalue weighted by Gasteiger charge is 2.28. The van der Waals surface area contributed by atoms with Crippen molar-refractivity contribution < 1.29 is 4.48 Å². The lowest BCUT2D eigenvalue weighted by atomic mass is 9.99.